The Morgan fingerprint density at radius 2 is 2.12 bits per heavy atom. The third-order valence-electron chi connectivity index (χ3n) is 2.04. The average Bonchev–Trinajstić information content (AvgIpc) is 2.35. The summed E-state index contributed by atoms with van der Waals surface area (Å²) in [4.78, 5) is 23.4. The molecule has 0 aliphatic carbocycles. The molecular formula is C10H11N5O. The number of anilines is 1. The summed E-state index contributed by atoms with van der Waals surface area (Å²) in [5, 5.41) is 5.41. The summed E-state index contributed by atoms with van der Waals surface area (Å²) in [6, 6.07) is 3.57. The minimum Gasteiger partial charge on any atom is -0.361 e. The van der Waals surface area contributed by atoms with Crippen LogP contribution in [0.15, 0.2) is 24.5 Å². The summed E-state index contributed by atoms with van der Waals surface area (Å²) in [6.45, 7) is 0.190. The predicted molar refractivity (Wildman–Crippen MR) is 59.9 cm³/mol. The molecule has 82 valence electrons. The van der Waals surface area contributed by atoms with Crippen molar-refractivity contribution >= 4 is 22.9 Å². The summed E-state index contributed by atoms with van der Waals surface area (Å²) >= 11 is 0. The highest BCUT2D eigenvalue weighted by Crippen LogP contribution is 2.09. The normalized spacial score (nSPS) is 10.1. The molecule has 2 N–H and O–H groups in total. The number of nitrogens with zero attached hydrogens (tertiary/aromatic N) is 3. The van der Waals surface area contributed by atoms with E-state index in [1.54, 1.807) is 25.5 Å². The summed E-state index contributed by atoms with van der Waals surface area (Å²) in [5.41, 5.74) is 1.29. The van der Waals surface area contributed by atoms with Crippen LogP contribution in [-0.4, -0.2) is 34.5 Å². The lowest BCUT2D eigenvalue weighted by atomic mass is 10.4. The van der Waals surface area contributed by atoms with Crippen LogP contribution in [0.2, 0.25) is 0 Å². The molecule has 0 bridgehead atoms. The summed E-state index contributed by atoms with van der Waals surface area (Å²) in [5.74, 6) is 0.512. The van der Waals surface area contributed by atoms with Crippen molar-refractivity contribution in [3.63, 3.8) is 0 Å². The monoisotopic (exact) mass is 217 g/mol. The van der Waals surface area contributed by atoms with E-state index in [2.05, 4.69) is 25.6 Å². The highest BCUT2D eigenvalue weighted by molar-refractivity contribution is 5.80. The van der Waals surface area contributed by atoms with Gasteiger partial charge in [-0.1, -0.05) is 0 Å². The van der Waals surface area contributed by atoms with Gasteiger partial charge in [-0.15, -0.1) is 0 Å². The molecule has 16 heavy (non-hydrogen) atoms. The molecule has 2 heterocycles. The number of nitrogens with one attached hydrogen (secondary N) is 2. The van der Waals surface area contributed by atoms with Gasteiger partial charge in [0.2, 0.25) is 5.91 Å². The van der Waals surface area contributed by atoms with Gasteiger partial charge in [-0.25, -0.2) is 9.97 Å². The molecule has 0 unspecified atom stereocenters. The molecule has 0 fully saturated rings. The third-order valence-corrected chi connectivity index (χ3v) is 2.04. The van der Waals surface area contributed by atoms with Crippen LogP contribution in [0, 0.1) is 0 Å². The van der Waals surface area contributed by atoms with Crippen molar-refractivity contribution in [2.24, 2.45) is 0 Å². The van der Waals surface area contributed by atoms with E-state index in [1.165, 1.54) is 0 Å². The zero-order chi connectivity index (χ0) is 11.4. The second-order valence-electron chi connectivity index (χ2n) is 3.12. The second kappa shape index (κ2) is 4.52. The molecule has 0 radical (unpaired) electrons. The van der Waals surface area contributed by atoms with Crippen molar-refractivity contribution in [3.05, 3.63) is 24.5 Å². The van der Waals surface area contributed by atoms with E-state index in [1.807, 2.05) is 6.07 Å². The van der Waals surface area contributed by atoms with Gasteiger partial charge in [0.1, 0.15) is 11.3 Å². The van der Waals surface area contributed by atoms with Crippen molar-refractivity contribution in [1.82, 2.24) is 20.3 Å². The number of carbonyl (C=O) groups excluding carboxylic acids is 1. The van der Waals surface area contributed by atoms with Crippen LogP contribution in [0.3, 0.4) is 0 Å². The van der Waals surface area contributed by atoms with Gasteiger partial charge in [-0.3, -0.25) is 9.78 Å². The highest BCUT2D eigenvalue weighted by atomic mass is 16.1. The van der Waals surface area contributed by atoms with Gasteiger partial charge in [0.25, 0.3) is 0 Å². The zero-order valence-corrected chi connectivity index (χ0v) is 8.77. The molecule has 0 saturated carbocycles. The fourth-order valence-corrected chi connectivity index (χ4v) is 1.21. The highest BCUT2D eigenvalue weighted by Gasteiger charge is 2.01. The summed E-state index contributed by atoms with van der Waals surface area (Å²) in [6.07, 6.45) is 3.19. The van der Waals surface area contributed by atoms with Crippen LogP contribution in [0.5, 0.6) is 0 Å². The van der Waals surface area contributed by atoms with Gasteiger partial charge in [0.15, 0.2) is 5.65 Å². The molecule has 0 aromatic carbocycles. The molecule has 2 aromatic heterocycles. The van der Waals surface area contributed by atoms with E-state index in [9.17, 15) is 4.79 Å². The molecular weight excluding hydrogens is 206 g/mol. The number of fused-ring (bicyclic) bond motifs is 1. The van der Waals surface area contributed by atoms with Crippen LogP contribution in [0.25, 0.3) is 11.2 Å². The van der Waals surface area contributed by atoms with Gasteiger partial charge in [0, 0.05) is 19.4 Å². The number of likely N-dealkylation sites (N-methyl/N-ethyl adjacent to an activating group) is 1. The van der Waals surface area contributed by atoms with E-state index in [-0.39, 0.29) is 12.5 Å². The minimum atomic E-state index is -0.0963. The fourth-order valence-electron chi connectivity index (χ4n) is 1.21. The molecule has 0 spiro atoms. The van der Waals surface area contributed by atoms with Gasteiger partial charge in [0.05, 0.1) is 6.54 Å². The van der Waals surface area contributed by atoms with Gasteiger partial charge >= 0.3 is 0 Å². The molecule has 6 nitrogen and oxygen atoms in total. The largest absolute Gasteiger partial charge is 0.361 e. The maximum absolute atomic E-state index is 11.0. The maximum atomic E-state index is 11.0. The molecule has 1 amide bonds. The molecule has 6 heteroatoms. The molecule has 0 aliphatic heterocycles. The molecule has 0 aliphatic rings. The lowest BCUT2D eigenvalue weighted by Gasteiger charge is -2.04. The van der Waals surface area contributed by atoms with Gasteiger partial charge in [-0.05, 0) is 12.1 Å². The third kappa shape index (κ3) is 2.22. The van der Waals surface area contributed by atoms with Crippen molar-refractivity contribution in [2.45, 2.75) is 0 Å². The van der Waals surface area contributed by atoms with Crippen molar-refractivity contribution in [2.75, 3.05) is 18.9 Å². The van der Waals surface area contributed by atoms with Crippen molar-refractivity contribution in [1.29, 1.82) is 0 Å². The van der Waals surface area contributed by atoms with Crippen LogP contribution in [-0.2, 0) is 4.79 Å². The fraction of sp³-hybridized carbons (Fsp3) is 0.200. The van der Waals surface area contributed by atoms with Gasteiger partial charge < -0.3 is 10.6 Å². The van der Waals surface area contributed by atoms with E-state index in [4.69, 9.17) is 0 Å². The van der Waals surface area contributed by atoms with E-state index in [0.29, 0.717) is 11.5 Å². The quantitative estimate of drug-likeness (QED) is 0.766. The van der Waals surface area contributed by atoms with Crippen molar-refractivity contribution in [3.8, 4) is 0 Å². The predicted octanol–water partition coefficient (Wildman–Crippen LogP) is 0.183. The number of amides is 1. The number of aromatic nitrogens is 3. The molecule has 0 saturated heterocycles. The van der Waals surface area contributed by atoms with E-state index >= 15 is 0 Å². The van der Waals surface area contributed by atoms with E-state index < -0.39 is 0 Å². The molecule has 0 atom stereocenters. The lowest BCUT2D eigenvalue weighted by Crippen LogP contribution is -2.26. The lowest BCUT2D eigenvalue weighted by molar-refractivity contribution is -0.118. The first-order valence-electron chi connectivity index (χ1n) is 4.82. The first-order chi connectivity index (χ1) is 7.79. The average molecular weight is 217 g/mol. The van der Waals surface area contributed by atoms with Crippen LogP contribution < -0.4 is 10.6 Å². The standard InChI is InChI=1S/C10H11N5O/c1-11-9(16)6-14-8-3-2-7-10(15-8)13-5-4-12-7/h2-5H,6H2,1H3,(H,11,16)(H,13,14,15). The SMILES string of the molecule is CNC(=O)CNc1ccc2nccnc2n1. The molecule has 2 rings (SSSR count). The Hall–Kier alpha value is -2.24. The number of rotatable bonds is 3. The Bertz CT molecular complexity index is 513. The zero-order valence-electron chi connectivity index (χ0n) is 8.77. The smallest absolute Gasteiger partial charge is 0.239 e. The first-order valence-corrected chi connectivity index (χ1v) is 4.82. The topological polar surface area (TPSA) is 79.8 Å². The number of pyridine rings is 1. The minimum absolute atomic E-state index is 0.0963. The Morgan fingerprint density at radius 3 is 2.94 bits per heavy atom. The Labute approximate surface area is 92.1 Å². The Kier molecular flexibility index (Phi) is 2.90. The van der Waals surface area contributed by atoms with Crippen LogP contribution in [0.1, 0.15) is 0 Å². The number of hydrogen-bond acceptors (Lipinski definition) is 5. The van der Waals surface area contributed by atoms with Crippen LogP contribution >= 0.6 is 0 Å². The maximum Gasteiger partial charge on any atom is 0.239 e. The Balaban J connectivity index is 2.16. The van der Waals surface area contributed by atoms with Gasteiger partial charge in [-0.2, -0.15) is 0 Å². The molecule has 2 aromatic rings. The van der Waals surface area contributed by atoms with Crippen LogP contribution in [0.4, 0.5) is 5.82 Å². The number of carbonyl (C=O) groups is 1. The van der Waals surface area contributed by atoms with Crippen molar-refractivity contribution < 1.29 is 4.79 Å². The summed E-state index contributed by atoms with van der Waals surface area (Å²) < 4.78 is 0. The first kappa shape index (κ1) is 10.3. The van der Waals surface area contributed by atoms with E-state index in [0.717, 1.165) is 5.52 Å². The number of hydrogen-bond donors (Lipinski definition) is 2. The summed E-state index contributed by atoms with van der Waals surface area (Å²) in [7, 11) is 1.59. The Morgan fingerprint density at radius 1 is 1.31 bits per heavy atom. The second-order valence-corrected chi connectivity index (χ2v) is 3.12.